The van der Waals surface area contributed by atoms with Gasteiger partial charge in [0.2, 0.25) is 11.8 Å². The summed E-state index contributed by atoms with van der Waals surface area (Å²) in [5.74, 6) is -0.368. The molecule has 0 aliphatic carbocycles. The molecule has 218 valence electrons. The number of likely N-dealkylation sites (N-methyl/N-ethyl adjacent to an activating group) is 1. The van der Waals surface area contributed by atoms with Gasteiger partial charge in [-0.15, -0.1) is 0 Å². The lowest BCUT2D eigenvalue weighted by Crippen LogP contribution is -2.51. The summed E-state index contributed by atoms with van der Waals surface area (Å²) in [6.45, 7) is 1.72. The summed E-state index contributed by atoms with van der Waals surface area (Å²) in [7, 11) is -1.38. The van der Waals surface area contributed by atoms with Crippen LogP contribution in [0.1, 0.15) is 18.9 Å². The number of nitrogens with zero attached hydrogens (tertiary/aromatic N) is 2. The average Bonchev–Trinajstić information content (AvgIpc) is 2.99. The Hall–Kier alpha value is -4.32. The highest BCUT2D eigenvalue weighted by Crippen LogP contribution is 2.34. The molecule has 0 saturated heterocycles. The van der Waals surface area contributed by atoms with E-state index in [-0.39, 0.29) is 35.9 Å². The summed E-state index contributed by atoms with van der Waals surface area (Å²) in [5, 5.41) is 2.58. The topological polar surface area (TPSA) is 114 Å². The molecule has 0 saturated carbocycles. The third kappa shape index (κ3) is 6.71. The maximum Gasteiger partial charge on any atom is 0.264 e. The van der Waals surface area contributed by atoms with Crippen LogP contribution in [0.5, 0.6) is 17.2 Å². The Labute approximate surface area is 238 Å². The minimum Gasteiger partial charge on any atom is -0.497 e. The van der Waals surface area contributed by atoms with Crippen molar-refractivity contribution < 1.29 is 36.6 Å². The Morgan fingerprint density at radius 2 is 1.73 bits per heavy atom. The van der Waals surface area contributed by atoms with E-state index in [1.165, 1.54) is 49.4 Å². The fourth-order valence-corrected chi connectivity index (χ4v) is 5.93. The number of nitrogens with one attached hydrogen (secondary N) is 1. The van der Waals surface area contributed by atoms with Gasteiger partial charge >= 0.3 is 0 Å². The molecule has 0 fully saturated rings. The van der Waals surface area contributed by atoms with Gasteiger partial charge in [-0.2, -0.15) is 0 Å². The smallest absolute Gasteiger partial charge is 0.264 e. The fraction of sp³-hybridized carbons (Fsp3) is 0.310. The number of hydrogen-bond acceptors (Lipinski definition) is 7. The second-order valence-corrected chi connectivity index (χ2v) is 11.1. The molecule has 1 atom stereocenters. The molecule has 10 nitrogen and oxygen atoms in total. The van der Waals surface area contributed by atoms with Crippen molar-refractivity contribution in [2.75, 3.05) is 38.2 Å². The molecular formula is C29H32FN3O7S. The number of benzene rings is 3. The van der Waals surface area contributed by atoms with Crippen molar-refractivity contribution in [3.8, 4) is 17.2 Å². The van der Waals surface area contributed by atoms with Gasteiger partial charge in [0.05, 0.1) is 17.7 Å². The third-order valence-electron chi connectivity index (χ3n) is 6.61. The van der Waals surface area contributed by atoms with Gasteiger partial charge in [-0.05, 0) is 60.5 Å². The molecular weight excluding hydrogens is 553 g/mol. The molecule has 1 N–H and O–H groups in total. The fourth-order valence-electron chi connectivity index (χ4n) is 4.50. The van der Waals surface area contributed by atoms with Crippen molar-refractivity contribution in [3.63, 3.8) is 0 Å². The van der Waals surface area contributed by atoms with Gasteiger partial charge in [0.25, 0.3) is 10.0 Å². The van der Waals surface area contributed by atoms with Crippen LogP contribution in [0.3, 0.4) is 0 Å². The number of fused-ring (bicyclic) bond motifs is 1. The lowest BCUT2D eigenvalue weighted by atomic mass is 10.1. The first-order chi connectivity index (χ1) is 19.7. The van der Waals surface area contributed by atoms with E-state index in [2.05, 4.69) is 5.32 Å². The first-order valence-electron chi connectivity index (χ1n) is 13.0. The Bertz CT molecular complexity index is 1500. The number of methoxy groups -OCH3 is 1. The highest BCUT2D eigenvalue weighted by Gasteiger charge is 2.34. The maximum atomic E-state index is 14.0. The third-order valence-corrected chi connectivity index (χ3v) is 8.38. The van der Waals surface area contributed by atoms with E-state index in [0.29, 0.717) is 23.7 Å². The van der Waals surface area contributed by atoms with E-state index in [9.17, 15) is 22.4 Å². The summed E-state index contributed by atoms with van der Waals surface area (Å²) >= 11 is 0. The molecule has 4 rings (SSSR count). The van der Waals surface area contributed by atoms with Gasteiger partial charge in [-0.3, -0.25) is 13.9 Å². The first kappa shape index (κ1) is 29.7. The average molecular weight is 586 g/mol. The van der Waals surface area contributed by atoms with E-state index >= 15 is 0 Å². The zero-order chi connectivity index (χ0) is 29.6. The van der Waals surface area contributed by atoms with Crippen LogP contribution in [-0.2, 0) is 26.2 Å². The van der Waals surface area contributed by atoms with Crippen molar-refractivity contribution in [2.45, 2.75) is 30.8 Å². The molecule has 0 radical (unpaired) electrons. The van der Waals surface area contributed by atoms with E-state index in [1.807, 2.05) is 0 Å². The number of anilines is 1. The van der Waals surface area contributed by atoms with Crippen molar-refractivity contribution in [1.29, 1.82) is 0 Å². The van der Waals surface area contributed by atoms with Crippen molar-refractivity contribution >= 4 is 27.5 Å². The summed E-state index contributed by atoms with van der Waals surface area (Å²) in [4.78, 5) is 28.0. The molecule has 1 unspecified atom stereocenters. The highest BCUT2D eigenvalue weighted by atomic mass is 32.2. The molecule has 12 heteroatoms. The number of sulfonamides is 1. The molecule has 0 bridgehead atoms. The Morgan fingerprint density at radius 3 is 2.39 bits per heavy atom. The quantitative estimate of drug-likeness (QED) is 0.367. The lowest BCUT2D eigenvalue weighted by molar-refractivity contribution is -0.140. The van der Waals surface area contributed by atoms with Crippen LogP contribution in [0.4, 0.5) is 10.1 Å². The number of rotatable bonds is 11. The van der Waals surface area contributed by atoms with Gasteiger partial charge in [0.15, 0.2) is 11.5 Å². The minimum atomic E-state index is -4.36. The van der Waals surface area contributed by atoms with Crippen LogP contribution in [0.25, 0.3) is 0 Å². The predicted octanol–water partition coefficient (Wildman–Crippen LogP) is 3.35. The SMILES string of the molecule is CCC(C(=O)NC)N(Cc1cccc(OC)c1)C(=O)CN(c1ccc(F)cc1)S(=O)(=O)c1ccc2c(c1)OCCO2. The number of halogens is 1. The largest absolute Gasteiger partial charge is 0.497 e. The first-order valence-corrected chi connectivity index (χ1v) is 14.4. The second-order valence-electron chi connectivity index (χ2n) is 9.21. The van der Waals surface area contributed by atoms with Crippen molar-refractivity contribution in [3.05, 3.63) is 78.1 Å². The van der Waals surface area contributed by atoms with Crippen LogP contribution in [0.2, 0.25) is 0 Å². The molecule has 0 aromatic heterocycles. The summed E-state index contributed by atoms with van der Waals surface area (Å²) < 4.78 is 59.1. The Morgan fingerprint density at radius 1 is 1.02 bits per heavy atom. The Kier molecular flexibility index (Phi) is 9.33. The van der Waals surface area contributed by atoms with Gasteiger partial charge in [-0.25, -0.2) is 12.8 Å². The highest BCUT2D eigenvalue weighted by molar-refractivity contribution is 7.92. The van der Waals surface area contributed by atoms with Crippen molar-refractivity contribution in [2.24, 2.45) is 0 Å². The normalized spacial score (nSPS) is 13.2. The lowest BCUT2D eigenvalue weighted by Gasteiger charge is -2.33. The molecule has 41 heavy (non-hydrogen) atoms. The molecule has 1 heterocycles. The van der Waals surface area contributed by atoms with E-state index in [0.717, 1.165) is 16.4 Å². The van der Waals surface area contributed by atoms with Gasteiger partial charge in [0, 0.05) is 19.7 Å². The number of carbonyl (C=O) groups excluding carboxylic acids is 2. The van der Waals surface area contributed by atoms with Crippen LogP contribution in [0, 0.1) is 5.82 Å². The number of carbonyl (C=O) groups is 2. The predicted molar refractivity (Wildman–Crippen MR) is 150 cm³/mol. The monoisotopic (exact) mass is 585 g/mol. The van der Waals surface area contributed by atoms with Gasteiger partial charge < -0.3 is 24.4 Å². The number of amides is 2. The standard InChI is InChI=1S/C29H32FN3O7S/c1-4-25(29(35)31-2)32(18-20-6-5-7-23(16-20)38-3)28(34)19-33(22-10-8-21(30)9-11-22)41(36,37)24-12-13-26-27(17-24)40-15-14-39-26/h5-13,16-17,25H,4,14-15,18-19H2,1-3H3,(H,31,35). The molecule has 1 aliphatic heterocycles. The van der Waals surface area contributed by atoms with Gasteiger partial charge in [0.1, 0.15) is 37.4 Å². The number of hydrogen-bond donors (Lipinski definition) is 1. The Balaban J connectivity index is 1.74. The van der Waals surface area contributed by atoms with Crippen LogP contribution >= 0.6 is 0 Å². The molecule has 0 spiro atoms. The minimum absolute atomic E-state index is 0.0172. The molecule has 1 aliphatic rings. The summed E-state index contributed by atoms with van der Waals surface area (Å²) in [5.41, 5.74) is 0.757. The number of ether oxygens (including phenoxy) is 3. The van der Waals surface area contributed by atoms with Crippen LogP contribution < -0.4 is 23.8 Å². The van der Waals surface area contributed by atoms with E-state index in [1.54, 1.807) is 31.2 Å². The van der Waals surface area contributed by atoms with Crippen molar-refractivity contribution in [1.82, 2.24) is 10.2 Å². The van der Waals surface area contributed by atoms with Gasteiger partial charge in [-0.1, -0.05) is 19.1 Å². The van der Waals surface area contributed by atoms with E-state index in [4.69, 9.17) is 14.2 Å². The second kappa shape index (κ2) is 12.9. The zero-order valence-electron chi connectivity index (χ0n) is 23.0. The molecule has 2 amide bonds. The maximum absolute atomic E-state index is 14.0. The zero-order valence-corrected chi connectivity index (χ0v) is 23.8. The molecule has 3 aromatic carbocycles. The van der Waals surface area contributed by atoms with Crippen LogP contribution in [-0.4, -0.2) is 65.1 Å². The summed E-state index contributed by atoms with van der Waals surface area (Å²) in [6, 6.07) is 15.1. The van der Waals surface area contributed by atoms with E-state index < -0.39 is 40.2 Å². The summed E-state index contributed by atoms with van der Waals surface area (Å²) in [6.07, 6.45) is 0.279. The van der Waals surface area contributed by atoms with Crippen LogP contribution in [0.15, 0.2) is 71.6 Å². The molecule has 3 aromatic rings.